The summed E-state index contributed by atoms with van der Waals surface area (Å²) in [6.45, 7) is 0.504. The molecule has 11 heteroatoms. The first kappa shape index (κ1) is 24.3. The molecule has 0 radical (unpaired) electrons. The van der Waals surface area contributed by atoms with Crippen molar-refractivity contribution in [2.45, 2.75) is 36.7 Å². The number of aromatic nitrogens is 1. The van der Waals surface area contributed by atoms with Gasteiger partial charge >= 0.3 is 0 Å². The molecule has 1 saturated heterocycles. The average Bonchev–Trinajstić information content (AvgIpc) is 3.24. The third kappa shape index (κ3) is 5.64. The van der Waals surface area contributed by atoms with Gasteiger partial charge in [-0.2, -0.15) is 4.31 Å². The lowest BCUT2D eigenvalue weighted by Crippen LogP contribution is -2.48. The zero-order valence-corrected chi connectivity index (χ0v) is 20.5. The standard InChI is InChI=1S/C23H23ClN4O4S2/c24-18-8-10-19(11-9-18)34(31,32)28(20-3-1-2-12-25-22(20)30)15-16-4-6-17(7-5-16)21(29)27-23-26-13-14-33-23/h4-11,13-14,20H,1-3,12,15H2,(H,25,30)(H,26,27,29). The molecule has 1 fully saturated rings. The van der Waals surface area contributed by atoms with E-state index in [0.29, 0.717) is 34.2 Å². The van der Waals surface area contributed by atoms with E-state index in [9.17, 15) is 18.0 Å². The molecule has 3 aromatic rings. The van der Waals surface area contributed by atoms with Crippen LogP contribution in [0.3, 0.4) is 0 Å². The van der Waals surface area contributed by atoms with Crippen LogP contribution in [0.5, 0.6) is 0 Å². The van der Waals surface area contributed by atoms with Crippen LogP contribution in [-0.4, -0.2) is 42.1 Å². The highest BCUT2D eigenvalue weighted by molar-refractivity contribution is 7.89. The first-order valence-electron chi connectivity index (χ1n) is 10.7. The molecule has 1 unspecified atom stereocenters. The zero-order chi connectivity index (χ0) is 24.1. The molecule has 178 valence electrons. The molecule has 8 nitrogen and oxygen atoms in total. The Kier molecular flexibility index (Phi) is 7.62. The number of nitrogens with one attached hydrogen (secondary N) is 2. The van der Waals surface area contributed by atoms with E-state index in [1.54, 1.807) is 35.8 Å². The highest BCUT2D eigenvalue weighted by Gasteiger charge is 2.36. The predicted molar refractivity (Wildman–Crippen MR) is 131 cm³/mol. The fourth-order valence-electron chi connectivity index (χ4n) is 3.70. The lowest BCUT2D eigenvalue weighted by molar-refractivity contribution is -0.124. The normalized spacial score (nSPS) is 16.6. The molecule has 0 bridgehead atoms. The summed E-state index contributed by atoms with van der Waals surface area (Å²) in [7, 11) is -4.00. The number of nitrogens with zero attached hydrogens (tertiary/aromatic N) is 2. The number of carbonyl (C=O) groups excluding carboxylic acids is 2. The van der Waals surface area contributed by atoms with Crippen LogP contribution < -0.4 is 10.6 Å². The molecule has 0 aliphatic carbocycles. The van der Waals surface area contributed by atoms with Crippen molar-refractivity contribution in [2.75, 3.05) is 11.9 Å². The molecule has 1 aliphatic heterocycles. The number of hydrogen-bond donors (Lipinski definition) is 2. The monoisotopic (exact) mass is 518 g/mol. The van der Waals surface area contributed by atoms with Crippen molar-refractivity contribution < 1.29 is 18.0 Å². The third-order valence-electron chi connectivity index (χ3n) is 5.48. The van der Waals surface area contributed by atoms with Crippen molar-refractivity contribution in [1.82, 2.24) is 14.6 Å². The Morgan fingerprint density at radius 3 is 2.56 bits per heavy atom. The summed E-state index contributed by atoms with van der Waals surface area (Å²) >= 11 is 7.26. The van der Waals surface area contributed by atoms with Crippen molar-refractivity contribution in [1.29, 1.82) is 0 Å². The predicted octanol–water partition coefficient (Wildman–Crippen LogP) is 3.91. The Balaban J connectivity index is 1.61. The molecule has 2 heterocycles. The van der Waals surface area contributed by atoms with Gasteiger partial charge in [0.1, 0.15) is 6.04 Å². The van der Waals surface area contributed by atoms with Gasteiger partial charge in [0.25, 0.3) is 5.91 Å². The number of hydrogen-bond acceptors (Lipinski definition) is 6. The second-order valence-corrected chi connectivity index (χ2v) is 11.0. The first-order chi connectivity index (χ1) is 16.3. The van der Waals surface area contributed by atoms with Gasteiger partial charge < -0.3 is 5.32 Å². The molecule has 34 heavy (non-hydrogen) atoms. The Hall–Kier alpha value is -2.79. The summed E-state index contributed by atoms with van der Waals surface area (Å²) in [6, 6.07) is 11.7. The van der Waals surface area contributed by atoms with Crippen molar-refractivity contribution in [2.24, 2.45) is 0 Å². The Labute approximate surface area is 207 Å². The molecule has 1 aliphatic rings. The Bertz CT molecular complexity index is 1250. The maximum absolute atomic E-state index is 13.6. The zero-order valence-electron chi connectivity index (χ0n) is 18.1. The lowest BCUT2D eigenvalue weighted by atomic mass is 10.1. The maximum Gasteiger partial charge on any atom is 0.257 e. The van der Waals surface area contributed by atoms with Crippen LogP contribution in [0.1, 0.15) is 35.2 Å². The van der Waals surface area contributed by atoms with E-state index in [-0.39, 0.29) is 23.3 Å². The molecular formula is C23H23ClN4O4S2. The quantitative estimate of drug-likeness (QED) is 0.493. The number of amides is 2. The van der Waals surface area contributed by atoms with Crippen molar-refractivity contribution in [3.05, 3.63) is 76.3 Å². The van der Waals surface area contributed by atoms with E-state index in [0.717, 1.165) is 12.8 Å². The average molecular weight is 519 g/mol. The summed E-state index contributed by atoms with van der Waals surface area (Å²) in [5.74, 6) is -0.621. The van der Waals surface area contributed by atoms with Crippen LogP contribution in [-0.2, 0) is 21.4 Å². The van der Waals surface area contributed by atoms with Gasteiger partial charge in [0.2, 0.25) is 15.9 Å². The van der Waals surface area contributed by atoms with E-state index >= 15 is 0 Å². The van der Waals surface area contributed by atoms with Crippen LogP contribution in [0.25, 0.3) is 0 Å². The second-order valence-electron chi connectivity index (χ2n) is 7.80. The number of carbonyl (C=O) groups is 2. The minimum Gasteiger partial charge on any atom is -0.355 e. The Morgan fingerprint density at radius 2 is 1.88 bits per heavy atom. The molecule has 0 spiro atoms. The summed E-state index contributed by atoms with van der Waals surface area (Å²) in [5, 5.41) is 8.20. The molecule has 0 saturated carbocycles. The van der Waals surface area contributed by atoms with Crippen molar-refractivity contribution in [3.63, 3.8) is 0 Å². The second kappa shape index (κ2) is 10.6. The number of benzene rings is 2. The van der Waals surface area contributed by atoms with Crippen LogP contribution >= 0.6 is 22.9 Å². The third-order valence-corrected chi connectivity index (χ3v) is 8.29. The minimum absolute atomic E-state index is 0.0164. The molecule has 1 aromatic heterocycles. The number of sulfonamides is 1. The molecule has 2 N–H and O–H groups in total. The molecule has 4 rings (SSSR count). The highest BCUT2D eigenvalue weighted by Crippen LogP contribution is 2.26. The van der Waals surface area contributed by atoms with Gasteiger partial charge in [-0.25, -0.2) is 13.4 Å². The van der Waals surface area contributed by atoms with E-state index in [1.807, 2.05) is 0 Å². The maximum atomic E-state index is 13.6. The molecule has 2 amide bonds. The van der Waals surface area contributed by atoms with Gasteiger partial charge in [-0.05, 0) is 61.2 Å². The van der Waals surface area contributed by atoms with Crippen LogP contribution in [0.15, 0.2) is 65.0 Å². The highest BCUT2D eigenvalue weighted by atomic mass is 35.5. The molecular weight excluding hydrogens is 496 g/mol. The largest absolute Gasteiger partial charge is 0.355 e. The van der Waals surface area contributed by atoms with Crippen LogP contribution in [0, 0.1) is 0 Å². The summed E-state index contributed by atoms with van der Waals surface area (Å²) < 4.78 is 28.4. The van der Waals surface area contributed by atoms with E-state index in [2.05, 4.69) is 15.6 Å². The van der Waals surface area contributed by atoms with E-state index in [1.165, 1.54) is 39.9 Å². The number of anilines is 1. The van der Waals surface area contributed by atoms with E-state index < -0.39 is 16.1 Å². The van der Waals surface area contributed by atoms with Gasteiger partial charge in [0.15, 0.2) is 5.13 Å². The molecule has 2 aromatic carbocycles. The van der Waals surface area contributed by atoms with Gasteiger partial charge in [0.05, 0.1) is 4.90 Å². The topological polar surface area (TPSA) is 108 Å². The van der Waals surface area contributed by atoms with Crippen LogP contribution in [0.2, 0.25) is 5.02 Å². The first-order valence-corrected chi connectivity index (χ1v) is 13.4. The Morgan fingerprint density at radius 1 is 1.15 bits per heavy atom. The van der Waals surface area contributed by atoms with Crippen LogP contribution in [0.4, 0.5) is 5.13 Å². The minimum atomic E-state index is -4.00. The van der Waals surface area contributed by atoms with E-state index in [4.69, 9.17) is 11.6 Å². The fraction of sp³-hybridized carbons (Fsp3) is 0.261. The fourth-order valence-corrected chi connectivity index (χ4v) is 5.95. The number of thiazole rings is 1. The summed E-state index contributed by atoms with van der Waals surface area (Å²) in [5.41, 5.74) is 1.07. The molecule has 1 atom stereocenters. The number of halogens is 1. The van der Waals surface area contributed by atoms with Crippen molar-refractivity contribution in [3.8, 4) is 0 Å². The van der Waals surface area contributed by atoms with Gasteiger partial charge in [0, 0.05) is 35.3 Å². The van der Waals surface area contributed by atoms with Gasteiger partial charge in [-0.3, -0.25) is 14.9 Å². The smallest absolute Gasteiger partial charge is 0.257 e. The van der Waals surface area contributed by atoms with Gasteiger partial charge in [-0.1, -0.05) is 23.7 Å². The number of rotatable bonds is 7. The SMILES string of the molecule is O=C(Nc1nccs1)c1ccc(CN(C2CCCCNC2=O)S(=O)(=O)c2ccc(Cl)cc2)cc1. The summed E-state index contributed by atoms with van der Waals surface area (Å²) in [6.07, 6.45) is 3.54. The lowest BCUT2D eigenvalue weighted by Gasteiger charge is -2.29. The van der Waals surface area contributed by atoms with Crippen molar-refractivity contribution >= 4 is 49.9 Å². The summed E-state index contributed by atoms with van der Waals surface area (Å²) in [4.78, 5) is 29.3. The van der Waals surface area contributed by atoms with Gasteiger partial charge in [-0.15, -0.1) is 11.3 Å².